The summed E-state index contributed by atoms with van der Waals surface area (Å²) in [7, 11) is 1.55. The van der Waals surface area contributed by atoms with Crippen LogP contribution in [0.4, 0.5) is 5.69 Å². The molecule has 7 heteroatoms. The number of aryl methyl sites for hydroxylation is 1. The Bertz CT molecular complexity index is 1260. The van der Waals surface area contributed by atoms with E-state index in [1.54, 1.807) is 80.9 Å². The molecule has 0 spiro atoms. The van der Waals surface area contributed by atoms with Gasteiger partial charge in [0.2, 0.25) is 0 Å². The maximum atomic E-state index is 12.9. The minimum absolute atomic E-state index is 0.186. The van der Waals surface area contributed by atoms with Gasteiger partial charge in [-0.15, -0.1) is 0 Å². The summed E-state index contributed by atoms with van der Waals surface area (Å²) in [5, 5.41) is 3.29. The summed E-state index contributed by atoms with van der Waals surface area (Å²) >= 11 is 0. The number of nitrogens with one attached hydrogen (secondary N) is 1. The van der Waals surface area contributed by atoms with Gasteiger partial charge in [-0.25, -0.2) is 9.97 Å². The van der Waals surface area contributed by atoms with E-state index >= 15 is 0 Å². The first-order chi connectivity index (χ1) is 14.1. The van der Waals surface area contributed by atoms with Gasteiger partial charge in [0.15, 0.2) is 5.65 Å². The van der Waals surface area contributed by atoms with E-state index in [-0.39, 0.29) is 11.5 Å². The Morgan fingerprint density at radius 1 is 1.07 bits per heavy atom. The largest absolute Gasteiger partial charge is 0.497 e. The van der Waals surface area contributed by atoms with Gasteiger partial charge in [0.05, 0.1) is 18.2 Å². The third-order valence-corrected chi connectivity index (χ3v) is 4.53. The van der Waals surface area contributed by atoms with Crippen molar-refractivity contribution in [1.82, 2.24) is 14.5 Å². The fourth-order valence-electron chi connectivity index (χ4n) is 3.09. The van der Waals surface area contributed by atoms with Crippen molar-refractivity contribution in [3.8, 4) is 11.4 Å². The molecule has 1 N–H and O–H groups in total. The molecule has 0 atom stereocenters. The maximum Gasteiger partial charge on any atom is 0.267 e. The van der Waals surface area contributed by atoms with Crippen molar-refractivity contribution in [3.63, 3.8) is 0 Å². The number of benzene rings is 2. The van der Waals surface area contributed by atoms with Gasteiger partial charge in [-0.1, -0.05) is 6.07 Å². The van der Waals surface area contributed by atoms with Crippen LogP contribution in [0.5, 0.6) is 5.75 Å². The monoisotopic (exact) mass is 386 g/mol. The van der Waals surface area contributed by atoms with E-state index in [0.717, 1.165) is 0 Å². The number of pyridine rings is 1. The summed E-state index contributed by atoms with van der Waals surface area (Å²) < 4.78 is 6.68. The van der Waals surface area contributed by atoms with Gasteiger partial charge in [0, 0.05) is 17.4 Å². The lowest BCUT2D eigenvalue weighted by molar-refractivity contribution is 0.102. The average molecular weight is 386 g/mol. The van der Waals surface area contributed by atoms with Gasteiger partial charge < -0.3 is 10.1 Å². The number of carbonyl (C=O) groups is 1. The van der Waals surface area contributed by atoms with Crippen molar-refractivity contribution in [1.29, 1.82) is 0 Å². The molecule has 7 nitrogen and oxygen atoms in total. The molecule has 0 fully saturated rings. The van der Waals surface area contributed by atoms with Crippen molar-refractivity contribution in [2.24, 2.45) is 0 Å². The number of ether oxygens (including phenoxy) is 1. The van der Waals surface area contributed by atoms with Crippen LogP contribution in [-0.2, 0) is 0 Å². The first kappa shape index (κ1) is 18.4. The van der Waals surface area contributed by atoms with Crippen molar-refractivity contribution < 1.29 is 9.53 Å². The third kappa shape index (κ3) is 3.58. The fraction of sp³-hybridized carbons (Fsp3) is 0.0909. The number of aromatic nitrogens is 3. The molecule has 0 aliphatic rings. The second-order valence-electron chi connectivity index (χ2n) is 6.41. The quantitative estimate of drug-likeness (QED) is 0.581. The van der Waals surface area contributed by atoms with E-state index in [4.69, 9.17) is 4.74 Å². The molecule has 4 rings (SSSR count). The molecule has 2 heterocycles. The second kappa shape index (κ2) is 7.55. The minimum Gasteiger partial charge on any atom is -0.497 e. The zero-order chi connectivity index (χ0) is 20.4. The molecule has 0 saturated heterocycles. The zero-order valence-electron chi connectivity index (χ0n) is 15.9. The Labute approximate surface area is 166 Å². The molecular weight excluding hydrogens is 368 g/mol. The second-order valence-corrected chi connectivity index (χ2v) is 6.41. The fourth-order valence-corrected chi connectivity index (χ4v) is 3.09. The van der Waals surface area contributed by atoms with E-state index in [2.05, 4.69) is 15.3 Å². The topological polar surface area (TPSA) is 86.1 Å². The number of methoxy groups -OCH3 is 1. The Morgan fingerprint density at radius 3 is 2.62 bits per heavy atom. The van der Waals surface area contributed by atoms with E-state index in [0.29, 0.717) is 39.5 Å². The molecule has 0 bridgehead atoms. The molecule has 144 valence electrons. The highest BCUT2D eigenvalue weighted by Crippen LogP contribution is 2.17. The van der Waals surface area contributed by atoms with Gasteiger partial charge >= 0.3 is 0 Å². The van der Waals surface area contributed by atoms with Crippen molar-refractivity contribution >= 4 is 22.6 Å². The first-order valence-electron chi connectivity index (χ1n) is 8.97. The lowest BCUT2D eigenvalue weighted by Crippen LogP contribution is -2.22. The molecule has 0 unspecified atom stereocenters. The number of hydrogen-bond donors (Lipinski definition) is 1. The van der Waals surface area contributed by atoms with Crippen LogP contribution in [0, 0.1) is 6.92 Å². The normalized spacial score (nSPS) is 10.7. The molecular formula is C22H18N4O3. The van der Waals surface area contributed by atoms with Crippen molar-refractivity contribution in [3.05, 3.63) is 88.6 Å². The number of carbonyl (C=O) groups excluding carboxylic acids is 1. The smallest absolute Gasteiger partial charge is 0.267 e. The van der Waals surface area contributed by atoms with Crippen LogP contribution in [0.2, 0.25) is 0 Å². The summed E-state index contributed by atoms with van der Waals surface area (Å²) in [6.45, 7) is 1.76. The van der Waals surface area contributed by atoms with Crippen LogP contribution < -0.4 is 15.6 Å². The van der Waals surface area contributed by atoms with E-state index < -0.39 is 0 Å². The van der Waals surface area contributed by atoms with Crippen LogP contribution in [0.25, 0.3) is 16.7 Å². The van der Waals surface area contributed by atoms with E-state index in [1.807, 2.05) is 0 Å². The van der Waals surface area contributed by atoms with Gasteiger partial charge in [0.25, 0.3) is 11.5 Å². The molecule has 0 saturated carbocycles. The lowest BCUT2D eigenvalue weighted by atomic mass is 10.2. The Balaban J connectivity index is 1.62. The van der Waals surface area contributed by atoms with Gasteiger partial charge in [0.1, 0.15) is 11.6 Å². The number of fused-ring (bicyclic) bond motifs is 1. The van der Waals surface area contributed by atoms with Crippen molar-refractivity contribution in [2.45, 2.75) is 6.92 Å². The van der Waals surface area contributed by atoms with Crippen LogP contribution in [0.15, 0.2) is 71.7 Å². The lowest BCUT2D eigenvalue weighted by Gasteiger charge is -2.12. The van der Waals surface area contributed by atoms with Gasteiger partial charge in [-0.2, -0.15) is 0 Å². The first-order valence-corrected chi connectivity index (χ1v) is 8.97. The molecule has 0 aliphatic heterocycles. The van der Waals surface area contributed by atoms with E-state index in [1.165, 1.54) is 4.57 Å². The van der Waals surface area contributed by atoms with Crippen LogP contribution >= 0.6 is 0 Å². The highest BCUT2D eigenvalue weighted by atomic mass is 16.5. The number of hydrogen-bond acceptors (Lipinski definition) is 5. The van der Waals surface area contributed by atoms with Crippen molar-refractivity contribution in [2.75, 3.05) is 12.4 Å². The summed E-state index contributed by atoms with van der Waals surface area (Å²) in [6.07, 6.45) is 1.61. The number of anilines is 1. The predicted molar refractivity (Wildman–Crippen MR) is 111 cm³/mol. The summed E-state index contributed by atoms with van der Waals surface area (Å²) in [5.41, 5.74) is 2.00. The highest BCUT2D eigenvalue weighted by Gasteiger charge is 2.11. The third-order valence-electron chi connectivity index (χ3n) is 4.53. The molecule has 1 amide bonds. The molecule has 0 radical (unpaired) electrons. The summed E-state index contributed by atoms with van der Waals surface area (Å²) in [5.74, 6) is 0.902. The standard InChI is InChI=1S/C22H18N4O3/c1-14-24-20-19(7-4-12-23-20)22(28)26(14)17-10-8-16(9-11-17)25-21(27)15-5-3-6-18(13-15)29-2/h3-13H,1-2H3,(H,25,27). The molecule has 0 aliphatic carbocycles. The van der Waals surface area contributed by atoms with Crippen LogP contribution in [-0.4, -0.2) is 27.6 Å². The summed E-state index contributed by atoms with van der Waals surface area (Å²) in [6, 6.07) is 17.3. The Morgan fingerprint density at radius 2 is 1.86 bits per heavy atom. The number of rotatable bonds is 4. The Hall–Kier alpha value is -4.00. The van der Waals surface area contributed by atoms with Crippen LogP contribution in [0.1, 0.15) is 16.2 Å². The molecule has 2 aromatic heterocycles. The SMILES string of the molecule is COc1cccc(C(=O)Nc2ccc(-n3c(C)nc4ncccc4c3=O)cc2)c1. The Kier molecular flexibility index (Phi) is 4.78. The highest BCUT2D eigenvalue weighted by molar-refractivity contribution is 6.04. The van der Waals surface area contributed by atoms with Crippen LogP contribution in [0.3, 0.4) is 0 Å². The molecule has 4 aromatic rings. The van der Waals surface area contributed by atoms with Gasteiger partial charge in [-0.3, -0.25) is 14.2 Å². The average Bonchev–Trinajstić information content (AvgIpc) is 2.75. The van der Waals surface area contributed by atoms with E-state index in [9.17, 15) is 9.59 Å². The molecule has 2 aromatic carbocycles. The minimum atomic E-state index is -0.247. The maximum absolute atomic E-state index is 12.9. The number of amides is 1. The zero-order valence-corrected chi connectivity index (χ0v) is 15.9. The van der Waals surface area contributed by atoms with Gasteiger partial charge in [-0.05, 0) is 61.5 Å². The predicted octanol–water partition coefficient (Wildman–Crippen LogP) is 3.35. The molecule has 29 heavy (non-hydrogen) atoms. The summed E-state index contributed by atoms with van der Waals surface area (Å²) in [4.78, 5) is 33.9. The number of nitrogens with zero attached hydrogens (tertiary/aromatic N) is 3.